The van der Waals surface area contributed by atoms with Crippen molar-refractivity contribution in [3.63, 3.8) is 0 Å². The number of nitrogens with zero attached hydrogens (tertiary/aromatic N) is 2. The standard InChI is InChI=1S/C12H18N4O2S/c1-12(2,3)11(18)16-7-19-6-9(16)10(17)15-8-4-13-14-5-8/h4-5,9H,6-7H2,1-3H3,(H,13,14)(H,15,17). The zero-order valence-corrected chi connectivity index (χ0v) is 12.1. The van der Waals surface area contributed by atoms with Crippen molar-refractivity contribution in [3.05, 3.63) is 12.4 Å². The number of rotatable bonds is 2. The highest BCUT2D eigenvalue weighted by Crippen LogP contribution is 2.27. The molecule has 0 aromatic carbocycles. The fraction of sp³-hybridized carbons (Fsp3) is 0.583. The van der Waals surface area contributed by atoms with E-state index < -0.39 is 11.5 Å². The molecule has 2 N–H and O–H groups in total. The molecule has 1 saturated heterocycles. The van der Waals surface area contributed by atoms with Crippen LogP contribution in [0.5, 0.6) is 0 Å². The average molecular weight is 282 g/mol. The lowest BCUT2D eigenvalue weighted by Gasteiger charge is -2.29. The molecule has 2 amide bonds. The van der Waals surface area contributed by atoms with Crippen molar-refractivity contribution in [2.75, 3.05) is 16.9 Å². The van der Waals surface area contributed by atoms with E-state index in [-0.39, 0.29) is 11.8 Å². The number of aromatic amines is 1. The maximum atomic E-state index is 12.3. The molecule has 1 aromatic rings. The summed E-state index contributed by atoms with van der Waals surface area (Å²) in [6.45, 7) is 5.59. The van der Waals surface area contributed by atoms with E-state index in [1.807, 2.05) is 20.8 Å². The number of hydrogen-bond donors (Lipinski definition) is 2. The highest BCUT2D eigenvalue weighted by atomic mass is 32.2. The molecule has 0 bridgehead atoms. The quantitative estimate of drug-likeness (QED) is 0.857. The Labute approximate surface area is 116 Å². The van der Waals surface area contributed by atoms with E-state index in [0.717, 1.165) is 0 Å². The lowest BCUT2D eigenvalue weighted by atomic mass is 9.94. The maximum Gasteiger partial charge on any atom is 0.248 e. The van der Waals surface area contributed by atoms with Gasteiger partial charge in [0, 0.05) is 17.4 Å². The van der Waals surface area contributed by atoms with Crippen LogP contribution in [0.25, 0.3) is 0 Å². The van der Waals surface area contributed by atoms with Crippen LogP contribution in [-0.2, 0) is 9.59 Å². The molecule has 0 radical (unpaired) electrons. The van der Waals surface area contributed by atoms with Gasteiger partial charge in [0.05, 0.1) is 17.8 Å². The fourth-order valence-electron chi connectivity index (χ4n) is 1.84. The molecule has 1 atom stereocenters. The van der Waals surface area contributed by atoms with Gasteiger partial charge in [0.15, 0.2) is 0 Å². The second-order valence-electron chi connectivity index (χ2n) is 5.52. The monoisotopic (exact) mass is 282 g/mol. The number of amides is 2. The summed E-state index contributed by atoms with van der Waals surface area (Å²) in [5.41, 5.74) is 0.143. The first-order chi connectivity index (χ1) is 8.89. The van der Waals surface area contributed by atoms with Crippen molar-refractivity contribution in [2.45, 2.75) is 26.8 Å². The molecule has 1 fully saturated rings. The van der Waals surface area contributed by atoms with Crippen LogP contribution in [0, 0.1) is 5.41 Å². The third kappa shape index (κ3) is 3.09. The molecule has 2 rings (SSSR count). The Morgan fingerprint density at radius 2 is 2.26 bits per heavy atom. The van der Waals surface area contributed by atoms with Crippen molar-refractivity contribution in [1.29, 1.82) is 0 Å². The highest BCUT2D eigenvalue weighted by Gasteiger charge is 2.38. The van der Waals surface area contributed by atoms with Crippen molar-refractivity contribution in [1.82, 2.24) is 15.1 Å². The molecule has 6 nitrogen and oxygen atoms in total. The van der Waals surface area contributed by atoms with E-state index in [0.29, 0.717) is 17.3 Å². The molecular weight excluding hydrogens is 264 g/mol. The van der Waals surface area contributed by atoms with Gasteiger partial charge in [-0.2, -0.15) is 5.10 Å². The van der Waals surface area contributed by atoms with Crippen molar-refractivity contribution in [3.8, 4) is 0 Å². The van der Waals surface area contributed by atoms with Crippen LogP contribution in [-0.4, -0.2) is 44.6 Å². The van der Waals surface area contributed by atoms with E-state index >= 15 is 0 Å². The van der Waals surface area contributed by atoms with Crippen LogP contribution < -0.4 is 5.32 Å². The topological polar surface area (TPSA) is 78.1 Å². The SMILES string of the molecule is CC(C)(C)C(=O)N1CSCC1C(=O)Nc1cn[nH]c1. The number of anilines is 1. The van der Waals surface area contributed by atoms with Crippen LogP contribution >= 0.6 is 11.8 Å². The van der Waals surface area contributed by atoms with Gasteiger partial charge in [-0.1, -0.05) is 20.8 Å². The smallest absolute Gasteiger partial charge is 0.248 e. The van der Waals surface area contributed by atoms with Crippen LogP contribution in [0.2, 0.25) is 0 Å². The number of hydrogen-bond acceptors (Lipinski definition) is 4. The molecule has 7 heteroatoms. The summed E-state index contributed by atoms with van der Waals surface area (Å²) in [4.78, 5) is 26.1. The molecule has 0 saturated carbocycles. The molecular formula is C12H18N4O2S. The largest absolute Gasteiger partial charge is 0.322 e. The highest BCUT2D eigenvalue weighted by molar-refractivity contribution is 7.99. The van der Waals surface area contributed by atoms with Gasteiger partial charge in [0.1, 0.15) is 6.04 Å². The van der Waals surface area contributed by atoms with E-state index in [2.05, 4.69) is 15.5 Å². The maximum absolute atomic E-state index is 12.3. The summed E-state index contributed by atoms with van der Waals surface area (Å²) in [6, 6.07) is -0.411. The van der Waals surface area contributed by atoms with Gasteiger partial charge in [-0.05, 0) is 0 Å². The third-order valence-electron chi connectivity index (χ3n) is 2.85. The Bertz CT molecular complexity index is 467. The normalized spacial score (nSPS) is 19.5. The minimum Gasteiger partial charge on any atom is -0.322 e. The molecule has 0 spiro atoms. The summed E-state index contributed by atoms with van der Waals surface area (Å²) < 4.78 is 0. The summed E-state index contributed by atoms with van der Waals surface area (Å²) in [6.07, 6.45) is 3.14. The van der Waals surface area contributed by atoms with Crippen molar-refractivity contribution >= 4 is 29.3 Å². The van der Waals surface area contributed by atoms with Crippen LogP contribution in [0.1, 0.15) is 20.8 Å². The van der Waals surface area contributed by atoms with Gasteiger partial charge < -0.3 is 10.2 Å². The van der Waals surface area contributed by atoms with Crippen molar-refractivity contribution in [2.24, 2.45) is 5.41 Å². The van der Waals surface area contributed by atoms with E-state index in [9.17, 15) is 9.59 Å². The number of carbonyl (C=O) groups excluding carboxylic acids is 2. The van der Waals surface area contributed by atoms with E-state index in [4.69, 9.17) is 0 Å². The molecule has 0 aliphatic carbocycles. The lowest BCUT2D eigenvalue weighted by molar-refractivity contribution is -0.143. The molecule has 1 aromatic heterocycles. The summed E-state index contributed by atoms with van der Waals surface area (Å²) in [7, 11) is 0. The Morgan fingerprint density at radius 3 is 2.84 bits per heavy atom. The second kappa shape index (κ2) is 5.24. The van der Waals surface area contributed by atoms with Gasteiger partial charge in [0.2, 0.25) is 11.8 Å². The first-order valence-electron chi connectivity index (χ1n) is 6.08. The molecule has 19 heavy (non-hydrogen) atoms. The second-order valence-corrected chi connectivity index (χ2v) is 6.52. The fourth-order valence-corrected chi connectivity index (χ4v) is 2.99. The van der Waals surface area contributed by atoms with Crippen LogP contribution in [0.4, 0.5) is 5.69 Å². The number of H-pyrrole nitrogens is 1. The van der Waals surface area contributed by atoms with Gasteiger partial charge in [0.25, 0.3) is 0 Å². The molecule has 104 valence electrons. The minimum atomic E-state index is -0.473. The predicted octanol–water partition coefficient (Wildman–Crippen LogP) is 1.30. The molecule has 2 heterocycles. The zero-order chi connectivity index (χ0) is 14.0. The van der Waals surface area contributed by atoms with Crippen molar-refractivity contribution < 1.29 is 9.59 Å². The Kier molecular flexibility index (Phi) is 3.84. The van der Waals surface area contributed by atoms with E-state index in [1.54, 1.807) is 22.9 Å². The predicted molar refractivity (Wildman–Crippen MR) is 74.6 cm³/mol. The third-order valence-corrected chi connectivity index (χ3v) is 3.87. The first-order valence-corrected chi connectivity index (χ1v) is 7.23. The number of thioether (sulfide) groups is 1. The van der Waals surface area contributed by atoms with Gasteiger partial charge >= 0.3 is 0 Å². The summed E-state index contributed by atoms with van der Waals surface area (Å²) in [5, 5.41) is 9.16. The minimum absolute atomic E-state index is 0.00448. The summed E-state index contributed by atoms with van der Waals surface area (Å²) >= 11 is 1.60. The molecule has 1 aliphatic rings. The number of aromatic nitrogens is 2. The van der Waals surface area contributed by atoms with Crippen LogP contribution in [0.15, 0.2) is 12.4 Å². The molecule has 1 aliphatic heterocycles. The van der Waals surface area contributed by atoms with Gasteiger partial charge in [-0.15, -0.1) is 11.8 Å². The first kappa shape index (κ1) is 13.9. The van der Waals surface area contributed by atoms with Crippen LogP contribution in [0.3, 0.4) is 0 Å². The number of nitrogens with one attached hydrogen (secondary N) is 2. The Hall–Kier alpha value is -1.50. The van der Waals surface area contributed by atoms with Gasteiger partial charge in [-0.25, -0.2) is 0 Å². The average Bonchev–Trinajstić information content (AvgIpc) is 2.96. The lowest BCUT2D eigenvalue weighted by Crippen LogP contribution is -2.48. The molecule has 1 unspecified atom stereocenters. The number of carbonyl (C=O) groups is 2. The zero-order valence-electron chi connectivity index (χ0n) is 11.3. The van der Waals surface area contributed by atoms with E-state index in [1.165, 1.54) is 6.20 Å². The van der Waals surface area contributed by atoms with Gasteiger partial charge in [-0.3, -0.25) is 14.7 Å². The Morgan fingerprint density at radius 1 is 1.53 bits per heavy atom. The Balaban J connectivity index is 2.06. The summed E-state index contributed by atoms with van der Waals surface area (Å²) in [5.74, 6) is 1.04.